The van der Waals surface area contributed by atoms with Gasteiger partial charge < -0.3 is 0 Å². The lowest BCUT2D eigenvalue weighted by Crippen LogP contribution is -2.26. The van der Waals surface area contributed by atoms with Gasteiger partial charge in [-0.15, -0.1) is 0 Å². The van der Waals surface area contributed by atoms with Crippen LogP contribution in [0.5, 0.6) is 0 Å². The minimum Gasteiger partial charge on any atom is -0.300 e. The number of carbonyl (C=O) groups excluding carboxylic acids is 1. The van der Waals surface area contributed by atoms with Crippen LogP contribution in [0.2, 0.25) is 0 Å². The summed E-state index contributed by atoms with van der Waals surface area (Å²) in [4.78, 5) is 34.6. The predicted molar refractivity (Wildman–Crippen MR) is 82.3 cm³/mol. The molecule has 0 saturated carbocycles. The van der Waals surface area contributed by atoms with E-state index in [1.54, 1.807) is 25.1 Å². The third kappa shape index (κ3) is 3.32. The molecule has 2 rings (SSSR count). The van der Waals surface area contributed by atoms with E-state index in [-0.39, 0.29) is 17.9 Å². The van der Waals surface area contributed by atoms with Crippen LogP contribution in [0.25, 0.3) is 0 Å². The van der Waals surface area contributed by atoms with E-state index in [1.807, 2.05) is 13.0 Å². The van der Waals surface area contributed by atoms with Gasteiger partial charge in [-0.2, -0.15) is 5.26 Å². The molecule has 0 aliphatic heterocycles. The molecule has 0 radical (unpaired) electrons. The second kappa shape index (κ2) is 6.23. The number of ketones is 1. The van der Waals surface area contributed by atoms with Crippen LogP contribution < -0.4 is 5.56 Å². The first-order valence-corrected chi connectivity index (χ1v) is 6.73. The minimum absolute atomic E-state index is 0.353. The summed E-state index contributed by atoms with van der Waals surface area (Å²) < 4.78 is 0.901. The molecule has 0 aliphatic carbocycles. The third-order valence-corrected chi connectivity index (χ3v) is 3.40. The fourth-order valence-corrected chi connectivity index (χ4v) is 2.28. The summed E-state index contributed by atoms with van der Waals surface area (Å²) in [5.74, 6) is -0.353. The molecule has 0 aliphatic rings. The van der Waals surface area contributed by atoms with Crippen molar-refractivity contribution >= 4 is 11.5 Å². The average molecular weight is 311 g/mol. The molecule has 0 amide bonds. The van der Waals surface area contributed by atoms with Crippen molar-refractivity contribution in [2.75, 3.05) is 0 Å². The zero-order valence-corrected chi connectivity index (χ0v) is 12.6. The standard InChI is InChI=1S/C16H13N3O4/c1-10-3-4-14(11(2)5-10)15(20)9-18-8-13(19(22)23)6-12(7-17)16(18)21/h3-6,8H,9H2,1-2H3. The van der Waals surface area contributed by atoms with Gasteiger partial charge in [0.1, 0.15) is 11.6 Å². The molecular formula is C16H13N3O4. The second-order valence-electron chi connectivity index (χ2n) is 5.16. The monoisotopic (exact) mass is 311 g/mol. The highest BCUT2D eigenvalue weighted by atomic mass is 16.6. The van der Waals surface area contributed by atoms with Gasteiger partial charge in [0.05, 0.1) is 17.7 Å². The lowest BCUT2D eigenvalue weighted by Gasteiger charge is -2.08. The number of nitriles is 1. The smallest absolute Gasteiger partial charge is 0.287 e. The van der Waals surface area contributed by atoms with Crippen molar-refractivity contribution in [3.8, 4) is 6.07 Å². The van der Waals surface area contributed by atoms with Gasteiger partial charge in [-0.1, -0.05) is 23.8 Å². The van der Waals surface area contributed by atoms with E-state index < -0.39 is 16.2 Å². The van der Waals surface area contributed by atoms with Crippen LogP contribution in [0.3, 0.4) is 0 Å². The lowest BCUT2D eigenvalue weighted by atomic mass is 10.0. The molecule has 116 valence electrons. The van der Waals surface area contributed by atoms with Gasteiger partial charge in [0, 0.05) is 11.6 Å². The number of aromatic nitrogens is 1. The van der Waals surface area contributed by atoms with Crippen molar-refractivity contribution in [2.24, 2.45) is 0 Å². The van der Waals surface area contributed by atoms with Crippen molar-refractivity contribution in [1.29, 1.82) is 5.26 Å². The van der Waals surface area contributed by atoms with Crippen molar-refractivity contribution in [1.82, 2.24) is 4.57 Å². The molecule has 0 saturated heterocycles. The Morgan fingerprint density at radius 3 is 2.61 bits per heavy atom. The normalized spacial score (nSPS) is 10.1. The van der Waals surface area contributed by atoms with Crippen molar-refractivity contribution in [3.05, 3.63) is 73.2 Å². The minimum atomic E-state index is -0.726. The summed E-state index contributed by atoms with van der Waals surface area (Å²) in [5, 5.41) is 19.8. The number of hydrogen-bond donors (Lipinski definition) is 0. The average Bonchev–Trinajstić information content (AvgIpc) is 2.48. The zero-order valence-electron chi connectivity index (χ0n) is 12.6. The fourth-order valence-electron chi connectivity index (χ4n) is 2.28. The van der Waals surface area contributed by atoms with E-state index in [9.17, 15) is 19.7 Å². The summed E-state index contributed by atoms with van der Waals surface area (Å²) in [6.45, 7) is 3.31. The quantitative estimate of drug-likeness (QED) is 0.488. The molecule has 0 bridgehead atoms. The van der Waals surface area contributed by atoms with Crippen LogP contribution in [-0.2, 0) is 6.54 Å². The van der Waals surface area contributed by atoms with Crippen molar-refractivity contribution < 1.29 is 9.72 Å². The van der Waals surface area contributed by atoms with Gasteiger partial charge in [-0.05, 0) is 19.4 Å². The highest BCUT2D eigenvalue weighted by Crippen LogP contribution is 2.14. The number of pyridine rings is 1. The van der Waals surface area contributed by atoms with Crippen molar-refractivity contribution in [2.45, 2.75) is 20.4 Å². The highest BCUT2D eigenvalue weighted by Gasteiger charge is 2.17. The number of benzene rings is 1. The molecule has 1 aromatic carbocycles. The first kappa shape index (κ1) is 16.1. The van der Waals surface area contributed by atoms with E-state index in [2.05, 4.69) is 0 Å². The van der Waals surface area contributed by atoms with Crippen LogP contribution in [-0.4, -0.2) is 15.3 Å². The molecular weight excluding hydrogens is 298 g/mol. The maximum atomic E-state index is 12.4. The number of aryl methyl sites for hydroxylation is 2. The summed E-state index contributed by atoms with van der Waals surface area (Å²) in [7, 11) is 0. The van der Waals surface area contributed by atoms with Gasteiger partial charge >= 0.3 is 0 Å². The number of hydrogen-bond acceptors (Lipinski definition) is 5. The van der Waals surface area contributed by atoms with E-state index in [4.69, 9.17) is 5.26 Å². The molecule has 0 unspecified atom stereocenters. The molecule has 1 aromatic heterocycles. The number of nitrogens with zero attached hydrogens (tertiary/aromatic N) is 3. The van der Waals surface area contributed by atoms with Gasteiger partial charge in [0.2, 0.25) is 0 Å². The SMILES string of the molecule is Cc1ccc(C(=O)Cn2cc([N+](=O)[O-])cc(C#N)c2=O)c(C)c1. The Kier molecular flexibility index (Phi) is 4.37. The van der Waals surface area contributed by atoms with Crippen LogP contribution in [0.1, 0.15) is 27.0 Å². The first-order valence-electron chi connectivity index (χ1n) is 6.73. The molecule has 0 N–H and O–H groups in total. The molecule has 7 nitrogen and oxygen atoms in total. The first-order chi connectivity index (χ1) is 10.8. The Morgan fingerprint density at radius 2 is 2.04 bits per heavy atom. The second-order valence-corrected chi connectivity index (χ2v) is 5.16. The maximum absolute atomic E-state index is 12.4. The Bertz CT molecular complexity index is 907. The van der Waals surface area contributed by atoms with E-state index >= 15 is 0 Å². The summed E-state index contributed by atoms with van der Waals surface area (Å²) >= 11 is 0. The molecule has 2 aromatic rings. The van der Waals surface area contributed by atoms with Crippen molar-refractivity contribution in [3.63, 3.8) is 0 Å². The Labute approximate surface area is 131 Å². The zero-order chi connectivity index (χ0) is 17.1. The molecule has 23 heavy (non-hydrogen) atoms. The molecule has 1 heterocycles. The molecule has 0 spiro atoms. The maximum Gasteiger partial charge on any atom is 0.287 e. The molecule has 0 atom stereocenters. The van der Waals surface area contributed by atoms with Gasteiger partial charge in [-0.3, -0.25) is 24.3 Å². The summed E-state index contributed by atoms with van der Waals surface area (Å²) in [6.07, 6.45) is 0.977. The molecule has 0 fully saturated rings. The Hall–Kier alpha value is -3.27. The fraction of sp³-hybridized carbons (Fsp3) is 0.188. The van der Waals surface area contributed by atoms with E-state index in [0.717, 1.165) is 28.0 Å². The Balaban J connectivity index is 2.45. The van der Waals surface area contributed by atoms with Gasteiger partial charge in [0.25, 0.3) is 11.2 Å². The van der Waals surface area contributed by atoms with Crippen LogP contribution in [0, 0.1) is 35.3 Å². The topological polar surface area (TPSA) is 106 Å². The van der Waals surface area contributed by atoms with Gasteiger partial charge in [-0.25, -0.2) is 0 Å². The van der Waals surface area contributed by atoms with Gasteiger partial charge in [0.15, 0.2) is 5.78 Å². The Morgan fingerprint density at radius 1 is 1.35 bits per heavy atom. The number of Topliss-reactive ketones (excluding diaryl/α,β-unsaturated/α-hetero) is 1. The summed E-state index contributed by atoms with van der Waals surface area (Å²) in [5.41, 5.74) is 0.693. The molecule has 7 heteroatoms. The number of carbonyl (C=O) groups is 1. The third-order valence-electron chi connectivity index (χ3n) is 3.40. The van der Waals surface area contributed by atoms with E-state index in [1.165, 1.54) is 0 Å². The van der Waals surface area contributed by atoms with E-state index in [0.29, 0.717) is 5.56 Å². The van der Waals surface area contributed by atoms with Crippen LogP contribution in [0.4, 0.5) is 5.69 Å². The number of nitro groups is 1. The summed E-state index contributed by atoms with van der Waals surface area (Å²) in [6, 6.07) is 7.78. The lowest BCUT2D eigenvalue weighted by molar-refractivity contribution is -0.385. The predicted octanol–water partition coefficient (Wildman–Crippen LogP) is 2.13. The van der Waals surface area contributed by atoms with Crippen LogP contribution in [0.15, 0.2) is 35.3 Å². The largest absolute Gasteiger partial charge is 0.300 e. The highest BCUT2D eigenvalue weighted by molar-refractivity contribution is 5.97. The van der Waals surface area contributed by atoms with Crippen LogP contribution >= 0.6 is 0 Å². The number of rotatable bonds is 4.